The summed E-state index contributed by atoms with van der Waals surface area (Å²) in [6, 6.07) is -0.0774. The van der Waals surface area contributed by atoms with Crippen molar-refractivity contribution in [1.29, 1.82) is 11.1 Å². The molecule has 0 amide bonds. The minimum Gasteiger partial charge on any atom is -0.296 e. The summed E-state index contributed by atoms with van der Waals surface area (Å²) in [5, 5.41) is 6.91. The number of hydrogen-bond donors (Lipinski definition) is 2. The van der Waals surface area contributed by atoms with Gasteiger partial charge in [-0.05, 0) is 34.7 Å². The lowest BCUT2D eigenvalue weighted by Gasteiger charge is -2.13. The summed E-state index contributed by atoms with van der Waals surface area (Å²) >= 11 is 0. The first kappa shape index (κ1) is 18.5. The molecule has 0 saturated heterocycles. The predicted molar refractivity (Wildman–Crippen MR) is 82.6 cm³/mol. The zero-order chi connectivity index (χ0) is 15.5. The minimum atomic E-state index is -0.0749. The molecule has 0 aliphatic heterocycles. The highest BCUT2D eigenvalue weighted by molar-refractivity contribution is 5.63. The standard InChI is InChI=1S/C13H27N7/c1-10(12(3)18-14)16-6-8-20(5)9-7-17-11(2)13(4)19-15/h6-7,10-15H,8-9H2,1-5H3. The quantitative estimate of drug-likeness (QED) is 0.467. The molecule has 0 fully saturated rings. The second-order valence-electron chi connectivity index (χ2n) is 5.11. The normalized spacial score (nSPS) is 18.3. The van der Waals surface area contributed by atoms with Gasteiger partial charge in [-0.2, -0.15) is 10.2 Å². The Morgan fingerprint density at radius 1 is 0.800 bits per heavy atom. The van der Waals surface area contributed by atoms with Crippen LogP contribution in [0.25, 0.3) is 0 Å². The molecule has 0 heterocycles. The summed E-state index contributed by atoms with van der Waals surface area (Å²) in [6.45, 7) is 9.13. The van der Waals surface area contributed by atoms with Crippen LogP contribution in [0.4, 0.5) is 0 Å². The molecule has 0 aromatic rings. The third-order valence-electron chi connectivity index (χ3n) is 3.27. The van der Waals surface area contributed by atoms with Crippen molar-refractivity contribution >= 4 is 12.4 Å². The van der Waals surface area contributed by atoms with Crippen LogP contribution in [0.15, 0.2) is 20.2 Å². The SMILES string of the molecule is CC(N=N)C(C)N=CCN(C)CC=NC(C)C(C)N=N. The van der Waals surface area contributed by atoms with Gasteiger partial charge in [-0.1, -0.05) is 0 Å². The van der Waals surface area contributed by atoms with Gasteiger partial charge >= 0.3 is 0 Å². The highest BCUT2D eigenvalue weighted by Gasteiger charge is 2.08. The largest absolute Gasteiger partial charge is 0.296 e. The van der Waals surface area contributed by atoms with Crippen molar-refractivity contribution in [3.63, 3.8) is 0 Å². The van der Waals surface area contributed by atoms with E-state index in [9.17, 15) is 0 Å². The van der Waals surface area contributed by atoms with E-state index in [4.69, 9.17) is 11.1 Å². The molecular formula is C13H27N7. The van der Waals surface area contributed by atoms with Gasteiger partial charge in [0.25, 0.3) is 0 Å². The van der Waals surface area contributed by atoms with E-state index < -0.39 is 0 Å². The molecule has 0 rings (SSSR count). The molecule has 7 nitrogen and oxygen atoms in total. The van der Waals surface area contributed by atoms with Gasteiger partial charge < -0.3 is 0 Å². The molecular weight excluding hydrogens is 254 g/mol. The summed E-state index contributed by atoms with van der Waals surface area (Å²) < 4.78 is 0. The number of aliphatic imine (C=N–C) groups is 2. The molecule has 0 saturated carbocycles. The van der Waals surface area contributed by atoms with Crippen LogP contribution in [-0.4, -0.2) is 61.6 Å². The van der Waals surface area contributed by atoms with Gasteiger partial charge in [-0.3, -0.25) is 14.9 Å². The molecule has 0 aliphatic rings. The Labute approximate surface area is 121 Å². The molecule has 4 unspecified atom stereocenters. The second-order valence-corrected chi connectivity index (χ2v) is 5.11. The first-order valence-corrected chi connectivity index (χ1v) is 6.87. The Morgan fingerprint density at radius 2 is 1.15 bits per heavy atom. The maximum absolute atomic E-state index is 6.94. The fourth-order valence-electron chi connectivity index (χ4n) is 1.24. The molecule has 114 valence electrons. The topological polar surface area (TPSA) is 100 Å². The Morgan fingerprint density at radius 3 is 1.45 bits per heavy atom. The van der Waals surface area contributed by atoms with Gasteiger partial charge in [0.15, 0.2) is 0 Å². The van der Waals surface area contributed by atoms with E-state index in [1.54, 1.807) is 0 Å². The number of hydrogen-bond acceptors (Lipinski definition) is 7. The average Bonchev–Trinajstić information content (AvgIpc) is 2.44. The van der Waals surface area contributed by atoms with Crippen molar-refractivity contribution in [3.8, 4) is 0 Å². The van der Waals surface area contributed by atoms with E-state index in [-0.39, 0.29) is 24.2 Å². The summed E-state index contributed by atoms with van der Waals surface area (Å²) in [7, 11) is 1.99. The maximum atomic E-state index is 6.94. The molecule has 0 bridgehead atoms. The Bertz CT molecular complexity index is 308. The molecule has 2 N–H and O–H groups in total. The van der Waals surface area contributed by atoms with E-state index in [1.165, 1.54) is 0 Å². The fourth-order valence-corrected chi connectivity index (χ4v) is 1.24. The van der Waals surface area contributed by atoms with Gasteiger partial charge in [0.1, 0.15) is 0 Å². The zero-order valence-corrected chi connectivity index (χ0v) is 13.1. The Hall–Kier alpha value is -1.50. The lowest BCUT2D eigenvalue weighted by Crippen LogP contribution is -2.25. The van der Waals surface area contributed by atoms with E-state index in [2.05, 4.69) is 25.1 Å². The predicted octanol–water partition coefficient (Wildman–Crippen LogP) is 2.68. The summed E-state index contributed by atoms with van der Waals surface area (Å²) in [5.74, 6) is 0. The van der Waals surface area contributed by atoms with Gasteiger partial charge in [0.05, 0.1) is 24.2 Å². The molecule has 7 heteroatoms. The van der Waals surface area contributed by atoms with Crippen LogP contribution in [0, 0.1) is 11.1 Å². The van der Waals surface area contributed by atoms with Crippen molar-refractivity contribution in [2.75, 3.05) is 20.1 Å². The van der Waals surface area contributed by atoms with Crippen molar-refractivity contribution in [2.45, 2.75) is 51.9 Å². The van der Waals surface area contributed by atoms with Crippen LogP contribution >= 0.6 is 0 Å². The zero-order valence-electron chi connectivity index (χ0n) is 13.1. The summed E-state index contributed by atoms with van der Waals surface area (Å²) in [4.78, 5) is 10.8. The van der Waals surface area contributed by atoms with E-state index >= 15 is 0 Å². The monoisotopic (exact) mass is 281 g/mol. The number of rotatable bonds is 10. The summed E-state index contributed by atoms with van der Waals surface area (Å²) in [6.07, 6.45) is 3.71. The third kappa shape index (κ3) is 7.83. The molecule has 0 spiro atoms. The smallest absolute Gasteiger partial charge is 0.0897 e. The van der Waals surface area contributed by atoms with Crippen LogP contribution in [-0.2, 0) is 0 Å². The van der Waals surface area contributed by atoms with Crippen molar-refractivity contribution in [2.24, 2.45) is 20.2 Å². The molecule has 0 aromatic carbocycles. The van der Waals surface area contributed by atoms with Crippen LogP contribution in [0.3, 0.4) is 0 Å². The van der Waals surface area contributed by atoms with Crippen LogP contribution in [0.5, 0.6) is 0 Å². The Balaban J connectivity index is 4.03. The molecule has 0 radical (unpaired) electrons. The molecule has 0 aliphatic carbocycles. The first-order chi connectivity index (χ1) is 9.42. The third-order valence-corrected chi connectivity index (χ3v) is 3.27. The maximum Gasteiger partial charge on any atom is 0.0897 e. The average molecular weight is 281 g/mol. The fraction of sp³-hybridized carbons (Fsp3) is 0.846. The number of nitrogens with one attached hydrogen (secondary N) is 2. The highest BCUT2D eigenvalue weighted by Crippen LogP contribution is 2.01. The van der Waals surface area contributed by atoms with Crippen LogP contribution in [0.2, 0.25) is 0 Å². The van der Waals surface area contributed by atoms with Crippen LogP contribution < -0.4 is 0 Å². The van der Waals surface area contributed by atoms with Gasteiger partial charge in [0, 0.05) is 25.5 Å². The first-order valence-electron chi connectivity index (χ1n) is 6.87. The van der Waals surface area contributed by atoms with Crippen molar-refractivity contribution in [3.05, 3.63) is 0 Å². The van der Waals surface area contributed by atoms with E-state index in [1.807, 2.05) is 47.2 Å². The summed E-state index contributed by atoms with van der Waals surface area (Å²) in [5.41, 5.74) is 13.9. The van der Waals surface area contributed by atoms with Gasteiger partial charge in [0.2, 0.25) is 0 Å². The molecule has 0 aromatic heterocycles. The lowest BCUT2D eigenvalue weighted by atomic mass is 10.2. The van der Waals surface area contributed by atoms with Gasteiger partial charge in [-0.15, -0.1) is 0 Å². The Kier molecular flexibility index (Phi) is 9.53. The lowest BCUT2D eigenvalue weighted by molar-refractivity contribution is 0.440. The van der Waals surface area contributed by atoms with Gasteiger partial charge in [-0.25, -0.2) is 11.1 Å². The van der Waals surface area contributed by atoms with E-state index in [0.29, 0.717) is 0 Å². The second kappa shape index (κ2) is 10.3. The van der Waals surface area contributed by atoms with Crippen molar-refractivity contribution < 1.29 is 0 Å². The number of nitrogens with zero attached hydrogens (tertiary/aromatic N) is 5. The molecule has 4 atom stereocenters. The van der Waals surface area contributed by atoms with Crippen molar-refractivity contribution in [1.82, 2.24) is 4.90 Å². The highest BCUT2D eigenvalue weighted by atomic mass is 15.1. The van der Waals surface area contributed by atoms with E-state index in [0.717, 1.165) is 13.1 Å². The minimum absolute atomic E-state index is 0.0362. The van der Waals surface area contributed by atoms with Crippen LogP contribution in [0.1, 0.15) is 27.7 Å². The molecule has 20 heavy (non-hydrogen) atoms.